The van der Waals surface area contributed by atoms with Crippen molar-refractivity contribution in [1.82, 2.24) is 9.55 Å². The van der Waals surface area contributed by atoms with Gasteiger partial charge in [0, 0.05) is 11.9 Å². The Bertz CT molecular complexity index is 638. The Morgan fingerprint density at radius 1 is 1.43 bits per heavy atom. The van der Waals surface area contributed by atoms with E-state index in [1.165, 1.54) is 0 Å². The summed E-state index contributed by atoms with van der Waals surface area (Å²) in [4.78, 5) is 16.1. The van der Waals surface area contributed by atoms with Crippen LogP contribution in [0.4, 0.5) is 0 Å². The number of carboxylic acid groups (broad SMARTS) is 1. The topological polar surface area (TPSA) is 81.1 Å². The molecule has 3 rings (SSSR count). The van der Waals surface area contributed by atoms with Gasteiger partial charge in [-0.25, -0.2) is 4.98 Å². The van der Waals surface area contributed by atoms with Crippen LogP contribution in [0.5, 0.6) is 0 Å². The van der Waals surface area contributed by atoms with Gasteiger partial charge in [0.2, 0.25) is 0 Å². The molecule has 1 aromatic carbocycles. The zero-order valence-corrected chi connectivity index (χ0v) is 11.8. The first-order chi connectivity index (χ1) is 10.2. The smallest absolute Gasteiger partial charge is 0.316 e. The standard InChI is InChI=1S/C16H19N3O2/c17-8-4-5-12-9-16(12,15(20)21)14-10-19(11-18-14)13-6-2-1-3-7-13/h1-3,6-7,10-12H,4-5,8-9,17H2,(H,20,21)/t12-,16-/m1/s1. The number of carbonyl (C=O) groups is 1. The third-order valence-electron chi connectivity index (χ3n) is 4.34. The normalized spacial score (nSPS) is 24.0. The fourth-order valence-electron chi connectivity index (χ4n) is 3.02. The van der Waals surface area contributed by atoms with Gasteiger partial charge in [0.1, 0.15) is 5.41 Å². The number of imidazole rings is 1. The van der Waals surface area contributed by atoms with E-state index in [4.69, 9.17) is 5.73 Å². The third kappa shape index (κ3) is 2.34. The minimum Gasteiger partial charge on any atom is -0.481 e. The molecule has 1 aromatic heterocycles. The monoisotopic (exact) mass is 285 g/mol. The van der Waals surface area contributed by atoms with E-state index in [0.29, 0.717) is 18.7 Å². The Kier molecular flexibility index (Phi) is 3.51. The number of nitrogens with two attached hydrogens (primary N) is 1. The lowest BCUT2D eigenvalue weighted by Gasteiger charge is -2.09. The van der Waals surface area contributed by atoms with Gasteiger partial charge < -0.3 is 15.4 Å². The van der Waals surface area contributed by atoms with Crippen molar-refractivity contribution in [2.24, 2.45) is 11.7 Å². The van der Waals surface area contributed by atoms with Gasteiger partial charge in [-0.1, -0.05) is 18.2 Å². The van der Waals surface area contributed by atoms with Gasteiger partial charge in [-0.2, -0.15) is 0 Å². The van der Waals surface area contributed by atoms with Crippen molar-refractivity contribution in [1.29, 1.82) is 0 Å². The van der Waals surface area contributed by atoms with E-state index in [9.17, 15) is 9.90 Å². The van der Waals surface area contributed by atoms with Crippen LogP contribution >= 0.6 is 0 Å². The Morgan fingerprint density at radius 3 is 2.86 bits per heavy atom. The quantitative estimate of drug-likeness (QED) is 0.850. The van der Waals surface area contributed by atoms with Crippen LogP contribution < -0.4 is 5.73 Å². The Hall–Kier alpha value is -2.14. The maximum atomic E-state index is 11.7. The highest BCUT2D eigenvalue weighted by Gasteiger charge is 2.62. The predicted octanol–water partition coefficient (Wildman–Crippen LogP) is 1.95. The molecule has 3 N–H and O–H groups in total. The van der Waals surface area contributed by atoms with Gasteiger partial charge in [0.15, 0.2) is 0 Å². The van der Waals surface area contributed by atoms with Crippen molar-refractivity contribution < 1.29 is 9.90 Å². The molecule has 0 spiro atoms. The number of nitrogens with zero attached hydrogens (tertiary/aromatic N) is 2. The molecule has 0 saturated heterocycles. The summed E-state index contributed by atoms with van der Waals surface area (Å²) in [7, 11) is 0. The van der Waals surface area contributed by atoms with E-state index in [2.05, 4.69) is 4.98 Å². The van der Waals surface area contributed by atoms with Gasteiger partial charge in [0.05, 0.1) is 12.0 Å². The van der Waals surface area contributed by atoms with E-state index in [1.807, 2.05) is 41.1 Å². The molecular formula is C16H19N3O2. The summed E-state index contributed by atoms with van der Waals surface area (Å²) in [6, 6.07) is 9.78. The molecule has 1 fully saturated rings. The molecule has 0 aliphatic heterocycles. The van der Waals surface area contributed by atoms with Gasteiger partial charge in [0.25, 0.3) is 0 Å². The average Bonchev–Trinajstić information content (AvgIpc) is 3.03. The maximum absolute atomic E-state index is 11.7. The lowest BCUT2D eigenvalue weighted by Crippen LogP contribution is -2.23. The lowest BCUT2D eigenvalue weighted by molar-refractivity contribution is -0.140. The van der Waals surface area contributed by atoms with Crippen LogP contribution in [0.25, 0.3) is 5.69 Å². The first-order valence-corrected chi connectivity index (χ1v) is 7.22. The van der Waals surface area contributed by atoms with Crippen molar-refractivity contribution >= 4 is 5.97 Å². The summed E-state index contributed by atoms with van der Waals surface area (Å²) in [6.45, 7) is 0.602. The van der Waals surface area contributed by atoms with Crippen LogP contribution in [0, 0.1) is 5.92 Å². The maximum Gasteiger partial charge on any atom is 0.316 e. The van der Waals surface area contributed by atoms with Crippen molar-refractivity contribution in [3.63, 3.8) is 0 Å². The Balaban J connectivity index is 1.86. The van der Waals surface area contributed by atoms with Crippen molar-refractivity contribution in [2.45, 2.75) is 24.7 Å². The zero-order chi connectivity index (χ0) is 14.9. The molecule has 0 radical (unpaired) electrons. The lowest BCUT2D eigenvalue weighted by atomic mass is 9.98. The van der Waals surface area contributed by atoms with Gasteiger partial charge >= 0.3 is 5.97 Å². The second-order valence-corrected chi connectivity index (χ2v) is 5.61. The van der Waals surface area contributed by atoms with Crippen molar-refractivity contribution in [3.05, 3.63) is 48.5 Å². The summed E-state index contributed by atoms with van der Waals surface area (Å²) in [5, 5.41) is 9.63. The number of hydrogen-bond donors (Lipinski definition) is 2. The van der Waals surface area contributed by atoms with E-state index < -0.39 is 11.4 Å². The molecule has 0 bridgehead atoms. The summed E-state index contributed by atoms with van der Waals surface area (Å²) in [5.74, 6) is -0.625. The molecule has 0 unspecified atom stereocenters. The minimum absolute atomic E-state index is 0.151. The van der Waals surface area contributed by atoms with Crippen LogP contribution in [-0.2, 0) is 10.2 Å². The molecule has 5 heteroatoms. The van der Waals surface area contributed by atoms with E-state index in [-0.39, 0.29) is 5.92 Å². The fourth-order valence-corrected chi connectivity index (χ4v) is 3.02. The summed E-state index contributed by atoms with van der Waals surface area (Å²) in [5.41, 5.74) is 6.35. The highest BCUT2D eigenvalue weighted by atomic mass is 16.4. The molecule has 2 aromatic rings. The van der Waals surface area contributed by atoms with Crippen LogP contribution in [0.3, 0.4) is 0 Å². The highest BCUT2D eigenvalue weighted by molar-refractivity contribution is 5.85. The zero-order valence-electron chi connectivity index (χ0n) is 11.8. The number of hydrogen-bond acceptors (Lipinski definition) is 3. The summed E-state index contributed by atoms with van der Waals surface area (Å²) < 4.78 is 1.87. The molecule has 110 valence electrons. The molecule has 1 aliphatic rings. The number of aliphatic carboxylic acids is 1. The molecule has 0 amide bonds. The number of carboxylic acids is 1. The number of benzene rings is 1. The van der Waals surface area contributed by atoms with Crippen LogP contribution in [0.15, 0.2) is 42.9 Å². The van der Waals surface area contributed by atoms with E-state index in [1.54, 1.807) is 6.33 Å². The van der Waals surface area contributed by atoms with Crippen molar-refractivity contribution in [2.75, 3.05) is 6.54 Å². The molecular weight excluding hydrogens is 266 g/mol. The van der Waals surface area contributed by atoms with Gasteiger partial charge in [-0.05, 0) is 43.9 Å². The molecule has 2 atom stereocenters. The number of aromatic nitrogens is 2. The Labute approximate surface area is 123 Å². The van der Waals surface area contributed by atoms with Crippen LogP contribution in [0.1, 0.15) is 25.0 Å². The van der Waals surface area contributed by atoms with Crippen LogP contribution in [-0.4, -0.2) is 27.2 Å². The van der Waals surface area contributed by atoms with E-state index in [0.717, 1.165) is 18.5 Å². The second-order valence-electron chi connectivity index (χ2n) is 5.61. The first-order valence-electron chi connectivity index (χ1n) is 7.22. The van der Waals surface area contributed by atoms with Crippen molar-refractivity contribution in [3.8, 4) is 5.69 Å². The van der Waals surface area contributed by atoms with Gasteiger partial charge in [-0.15, -0.1) is 0 Å². The molecule has 1 saturated carbocycles. The molecule has 5 nitrogen and oxygen atoms in total. The number of para-hydroxylation sites is 1. The molecule has 1 heterocycles. The SMILES string of the molecule is NCCC[C@@H]1C[C@]1(C(=O)O)c1cn(-c2ccccc2)cn1. The summed E-state index contributed by atoms with van der Waals surface area (Å²) in [6.07, 6.45) is 5.90. The first kappa shape index (κ1) is 13.8. The predicted molar refractivity (Wildman–Crippen MR) is 79.3 cm³/mol. The fraction of sp³-hybridized carbons (Fsp3) is 0.375. The average molecular weight is 285 g/mol. The highest BCUT2D eigenvalue weighted by Crippen LogP contribution is 2.56. The molecule has 21 heavy (non-hydrogen) atoms. The molecule has 1 aliphatic carbocycles. The van der Waals surface area contributed by atoms with Crippen LogP contribution in [0.2, 0.25) is 0 Å². The largest absolute Gasteiger partial charge is 0.481 e. The Morgan fingerprint density at radius 2 is 2.19 bits per heavy atom. The second kappa shape index (κ2) is 5.33. The van der Waals surface area contributed by atoms with Gasteiger partial charge in [-0.3, -0.25) is 4.79 Å². The number of rotatable bonds is 6. The minimum atomic E-state index is -0.810. The van der Waals surface area contributed by atoms with E-state index >= 15 is 0 Å². The third-order valence-corrected chi connectivity index (χ3v) is 4.34. The summed E-state index contributed by atoms with van der Waals surface area (Å²) >= 11 is 0.